The summed E-state index contributed by atoms with van der Waals surface area (Å²) in [5.41, 5.74) is 10.1. The highest BCUT2D eigenvalue weighted by molar-refractivity contribution is 5.41. The summed E-state index contributed by atoms with van der Waals surface area (Å²) in [4.78, 5) is 0. The second-order valence-corrected chi connectivity index (χ2v) is 12.5. The Morgan fingerprint density at radius 1 is 0.354 bits per heavy atom. The van der Waals surface area contributed by atoms with Gasteiger partial charge in [-0.2, -0.15) is 0 Å². The van der Waals surface area contributed by atoms with Gasteiger partial charge in [0.05, 0.1) is 54.9 Å². The maximum Gasteiger partial charge on any atom is 0.122 e. The van der Waals surface area contributed by atoms with E-state index in [1.54, 1.807) is 28.4 Å². The summed E-state index contributed by atoms with van der Waals surface area (Å²) in [5.74, 6) is 3.68. The highest BCUT2D eigenvalue weighted by Gasteiger charge is 2.11. The van der Waals surface area contributed by atoms with Gasteiger partial charge >= 0.3 is 0 Å². The van der Waals surface area contributed by atoms with Gasteiger partial charge in [-0.1, -0.05) is 48.5 Å². The minimum atomic E-state index is 0.643. The summed E-state index contributed by atoms with van der Waals surface area (Å²) in [6, 6.07) is 26.3. The molecule has 8 bridgehead atoms. The molecule has 1 aliphatic rings. The molecule has 6 heteroatoms. The van der Waals surface area contributed by atoms with Crippen molar-refractivity contribution in [2.24, 2.45) is 0 Å². The molecule has 0 atom stereocenters. The Kier molecular flexibility index (Phi) is 13.6. The smallest absolute Gasteiger partial charge is 0.122 e. The zero-order valence-corrected chi connectivity index (χ0v) is 29.3. The largest absolute Gasteiger partial charge is 0.496 e. The number of methoxy groups -OCH3 is 4. The SMILES string of the molecule is COc1ccc2cc1CCOCCc1cc(ccc1OC)CCCc1ccc(OC)c(c1)CCOCCc1cc(ccc1OC)CCC2. The van der Waals surface area contributed by atoms with E-state index in [9.17, 15) is 0 Å². The molecule has 48 heavy (non-hydrogen) atoms. The van der Waals surface area contributed by atoms with E-state index >= 15 is 0 Å². The molecule has 0 N–H and O–H groups in total. The van der Waals surface area contributed by atoms with E-state index in [0.717, 1.165) is 87.2 Å². The molecular formula is C42H52O6. The monoisotopic (exact) mass is 652 g/mol. The van der Waals surface area contributed by atoms with Crippen LogP contribution in [0.5, 0.6) is 23.0 Å². The summed E-state index contributed by atoms with van der Waals surface area (Å²) in [5, 5.41) is 0. The number of hydrogen-bond donors (Lipinski definition) is 0. The lowest BCUT2D eigenvalue weighted by molar-refractivity contribution is 0.139. The third kappa shape index (κ3) is 10.0. The molecule has 0 aromatic heterocycles. The summed E-state index contributed by atoms with van der Waals surface area (Å²) in [7, 11) is 6.97. The molecule has 0 spiro atoms. The first-order valence-corrected chi connectivity index (χ1v) is 17.4. The second-order valence-electron chi connectivity index (χ2n) is 12.5. The third-order valence-corrected chi connectivity index (χ3v) is 9.30. The highest BCUT2D eigenvalue weighted by Crippen LogP contribution is 2.26. The molecule has 0 saturated carbocycles. The molecular weight excluding hydrogens is 600 g/mol. The van der Waals surface area contributed by atoms with Crippen LogP contribution in [0.1, 0.15) is 57.3 Å². The maximum atomic E-state index is 6.15. The Morgan fingerprint density at radius 2 is 0.604 bits per heavy atom. The van der Waals surface area contributed by atoms with Crippen molar-refractivity contribution in [3.63, 3.8) is 0 Å². The molecule has 1 heterocycles. The number of rotatable bonds is 4. The van der Waals surface area contributed by atoms with Gasteiger partial charge < -0.3 is 28.4 Å². The number of benzene rings is 4. The second kappa shape index (κ2) is 18.5. The number of ether oxygens (including phenoxy) is 6. The Hall–Kier alpha value is -4.00. The topological polar surface area (TPSA) is 55.4 Å². The standard InChI is InChI=1S/C42H52O6/c1-43-39-15-11-31-7-5-8-32-12-16-41(45-3)37(28-32)21-25-48-26-22-38-30-34(14-18-42(38)46-4)10-6-9-33-13-17-40(44-2)36(29-33)20-24-47-23-19-35(39)27-31/h11-18,27-30H,5-10,19-26H2,1-4H3. The summed E-state index contributed by atoms with van der Waals surface area (Å²) >= 11 is 0. The van der Waals surface area contributed by atoms with Crippen molar-refractivity contribution in [3.05, 3.63) is 117 Å². The average Bonchev–Trinajstić information content (AvgIpc) is 3.11. The molecule has 0 fully saturated rings. The number of aryl methyl sites for hydroxylation is 4. The molecule has 6 nitrogen and oxygen atoms in total. The zero-order valence-electron chi connectivity index (χ0n) is 29.3. The van der Waals surface area contributed by atoms with E-state index in [1.165, 1.54) is 44.5 Å². The minimum Gasteiger partial charge on any atom is -0.496 e. The van der Waals surface area contributed by atoms with Crippen LogP contribution in [-0.2, 0) is 60.8 Å². The Balaban J connectivity index is 1.31. The first-order chi connectivity index (χ1) is 23.6. The summed E-state index contributed by atoms with van der Waals surface area (Å²) in [6.07, 6.45) is 9.38. The van der Waals surface area contributed by atoms with Gasteiger partial charge in [0.25, 0.3) is 0 Å². The maximum absolute atomic E-state index is 6.15. The van der Waals surface area contributed by atoms with Crippen molar-refractivity contribution in [1.82, 2.24) is 0 Å². The van der Waals surface area contributed by atoms with E-state index in [4.69, 9.17) is 28.4 Å². The van der Waals surface area contributed by atoms with E-state index in [2.05, 4.69) is 72.8 Å². The van der Waals surface area contributed by atoms with E-state index in [-0.39, 0.29) is 0 Å². The Labute approximate surface area is 287 Å². The zero-order chi connectivity index (χ0) is 33.6. The van der Waals surface area contributed by atoms with Crippen LogP contribution in [0, 0.1) is 0 Å². The van der Waals surface area contributed by atoms with Crippen LogP contribution in [0.3, 0.4) is 0 Å². The number of fused-ring (bicyclic) bond motifs is 8. The van der Waals surface area contributed by atoms with Crippen molar-refractivity contribution in [2.75, 3.05) is 54.9 Å². The van der Waals surface area contributed by atoms with Crippen LogP contribution in [0.25, 0.3) is 0 Å². The lowest BCUT2D eigenvalue weighted by Crippen LogP contribution is -2.06. The van der Waals surface area contributed by atoms with Crippen LogP contribution in [-0.4, -0.2) is 54.9 Å². The molecule has 5 rings (SSSR count). The molecule has 4 aromatic carbocycles. The minimum absolute atomic E-state index is 0.643. The molecule has 0 unspecified atom stereocenters. The van der Waals surface area contributed by atoms with Crippen molar-refractivity contribution < 1.29 is 28.4 Å². The first-order valence-electron chi connectivity index (χ1n) is 17.4. The molecule has 0 radical (unpaired) electrons. The highest BCUT2D eigenvalue weighted by atomic mass is 16.5. The molecule has 4 aromatic rings. The van der Waals surface area contributed by atoms with Gasteiger partial charge in [-0.25, -0.2) is 0 Å². The Morgan fingerprint density at radius 3 is 0.833 bits per heavy atom. The van der Waals surface area contributed by atoms with E-state index in [1.807, 2.05) is 0 Å². The molecule has 256 valence electrons. The van der Waals surface area contributed by atoms with E-state index in [0.29, 0.717) is 26.4 Å². The van der Waals surface area contributed by atoms with Crippen molar-refractivity contribution in [2.45, 2.75) is 64.2 Å². The van der Waals surface area contributed by atoms with Crippen molar-refractivity contribution in [1.29, 1.82) is 0 Å². The van der Waals surface area contributed by atoms with Gasteiger partial charge in [0, 0.05) is 0 Å². The summed E-state index contributed by atoms with van der Waals surface area (Å²) < 4.78 is 35.1. The van der Waals surface area contributed by atoms with Gasteiger partial charge in [0.15, 0.2) is 0 Å². The third-order valence-electron chi connectivity index (χ3n) is 9.30. The molecule has 0 amide bonds. The molecule has 0 aliphatic carbocycles. The predicted molar refractivity (Wildman–Crippen MR) is 192 cm³/mol. The van der Waals surface area contributed by atoms with Crippen LogP contribution in [0.15, 0.2) is 72.8 Å². The van der Waals surface area contributed by atoms with Crippen LogP contribution < -0.4 is 18.9 Å². The fourth-order valence-electron chi connectivity index (χ4n) is 6.66. The van der Waals surface area contributed by atoms with Gasteiger partial charge in [0.1, 0.15) is 23.0 Å². The number of hydrogen-bond acceptors (Lipinski definition) is 6. The normalized spacial score (nSPS) is 15.4. The van der Waals surface area contributed by atoms with Crippen LogP contribution in [0.2, 0.25) is 0 Å². The van der Waals surface area contributed by atoms with Gasteiger partial charge in [-0.3, -0.25) is 0 Å². The van der Waals surface area contributed by atoms with Crippen LogP contribution in [0.4, 0.5) is 0 Å². The quantitative estimate of drug-likeness (QED) is 0.223. The molecule has 0 saturated heterocycles. The first kappa shape index (κ1) is 35.3. The predicted octanol–water partition coefficient (Wildman–Crippen LogP) is 7.99. The molecule has 1 aliphatic heterocycles. The average molecular weight is 653 g/mol. The van der Waals surface area contributed by atoms with Gasteiger partial charge in [-0.15, -0.1) is 0 Å². The Bertz CT molecular complexity index is 1360. The van der Waals surface area contributed by atoms with Gasteiger partial charge in [0.2, 0.25) is 0 Å². The fourth-order valence-corrected chi connectivity index (χ4v) is 6.66. The fraction of sp³-hybridized carbons (Fsp3) is 0.429. The lowest BCUT2D eigenvalue weighted by Gasteiger charge is -2.14. The van der Waals surface area contributed by atoms with Crippen molar-refractivity contribution >= 4 is 0 Å². The van der Waals surface area contributed by atoms with Crippen molar-refractivity contribution in [3.8, 4) is 23.0 Å². The summed E-state index contributed by atoms with van der Waals surface area (Å²) in [6.45, 7) is 2.57. The van der Waals surface area contributed by atoms with E-state index < -0.39 is 0 Å². The van der Waals surface area contributed by atoms with Gasteiger partial charge in [-0.05, 0) is 133 Å². The van der Waals surface area contributed by atoms with Crippen LogP contribution >= 0.6 is 0 Å². The lowest BCUT2D eigenvalue weighted by atomic mass is 9.99.